The maximum atomic E-state index is 12.4. The first-order valence-corrected chi connectivity index (χ1v) is 14.2. The van der Waals surface area contributed by atoms with Crippen molar-refractivity contribution in [1.29, 1.82) is 0 Å². The van der Waals surface area contributed by atoms with E-state index in [4.69, 9.17) is 4.84 Å². The van der Waals surface area contributed by atoms with Gasteiger partial charge in [0.25, 0.3) is 5.91 Å². The first kappa shape index (κ1) is 26.9. The number of carbonyl (C=O) groups is 2. The number of hydrogen-bond donors (Lipinski definition) is 3. The molecule has 0 aromatic heterocycles. The number of Topliss-reactive ketones (excluding diaryl/α,β-unsaturated/α-hetero) is 1. The van der Waals surface area contributed by atoms with E-state index in [1.165, 1.54) is 5.57 Å². The average molecular weight is 523 g/mol. The second kappa shape index (κ2) is 10.1. The summed E-state index contributed by atoms with van der Waals surface area (Å²) >= 11 is 0. The molecular weight excluding hydrogens is 480 g/mol. The van der Waals surface area contributed by atoms with E-state index < -0.39 is 5.60 Å². The smallest absolute Gasteiger partial charge is 0.260 e. The van der Waals surface area contributed by atoms with Crippen molar-refractivity contribution >= 4 is 17.4 Å². The number of aromatic hydroxyl groups is 1. The molecule has 0 radical (unpaired) electrons. The molecule has 0 saturated heterocycles. The van der Waals surface area contributed by atoms with Crippen molar-refractivity contribution in [2.45, 2.75) is 84.2 Å². The Hall–Kier alpha value is -2.67. The van der Waals surface area contributed by atoms with Gasteiger partial charge in [-0.1, -0.05) is 36.7 Å². The number of rotatable bonds is 7. The Balaban J connectivity index is 1.16. The molecule has 3 unspecified atom stereocenters. The zero-order valence-electron chi connectivity index (χ0n) is 23.0. The van der Waals surface area contributed by atoms with Crippen molar-refractivity contribution in [1.82, 2.24) is 5.32 Å². The maximum Gasteiger partial charge on any atom is 0.260 e. The number of amides is 1. The van der Waals surface area contributed by atoms with Crippen LogP contribution in [0.4, 0.5) is 0 Å². The van der Waals surface area contributed by atoms with E-state index in [2.05, 4.69) is 30.4 Å². The van der Waals surface area contributed by atoms with Crippen molar-refractivity contribution in [3.8, 4) is 5.75 Å². The van der Waals surface area contributed by atoms with Crippen LogP contribution in [0.5, 0.6) is 5.75 Å². The molecule has 4 aliphatic carbocycles. The van der Waals surface area contributed by atoms with Crippen LogP contribution < -0.4 is 5.32 Å². The van der Waals surface area contributed by atoms with Crippen molar-refractivity contribution in [2.75, 3.05) is 13.2 Å². The summed E-state index contributed by atoms with van der Waals surface area (Å²) in [5.41, 5.74) is 2.03. The number of carbonyl (C=O) groups excluding carboxylic acids is 2. The number of fused-ring (bicyclic) bond motifs is 5. The standard InChI is InChI=1S/C31H42N2O5/c1-20(34)31(37)16-12-27-25-9-6-22-18-23(10-14-29(22,2)26(25)11-15-30(27,31)3)33-38-19-28(36)32-17-13-21-4-7-24(35)8-5-21/h4-5,7-8,18,25-27,35,37H,6,9-17,19H2,1-3H3,(H,32,36)/b33-23+/t25?,26?,27?,29-,30-,31-/m0/s1. The Kier molecular flexibility index (Phi) is 7.18. The van der Waals surface area contributed by atoms with E-state index in [1.54, 1.807) is 19.1 Å². The summed E-state index contributed by atoms with van der Waals surface area (Å²) in [5.74, 6) is 1.48. The van der Waals surface area contributed by atoms with Crippen LogP contribution in [0.1, 0.15) is 77.7 Å². The van der Waals surface area contributed by atoms with Crippen molar-refractivity contribution < 1.29 is 24.6 Å². The number of aliphatic hydroxyl groups is 1. The third-order valence-electron chi connectivity index (χ3n) is 10.8. The van der Waals surface area contributed by atoms with Crippen molar-refractivity contribution in [3.05, 3.63) is 41.5 Å². The molecule has 3 N–H and O–H groups in total. The molecule has 1 amide bonds. The average Bonchev–Trinajstić information content (AvgIpc) is 3.17. The highest BCUT2D eigenvalue weighted by molar-refractivity contribution is 5.96. The summed E-state index contributed by atoms with van der Waals surface area (Å²) in [4.78, 5) is 30.0. The van der Waals surface area contributed by atoms with Gasteiger partial charge in [0, 0.05) is 12.0 Å². The van der Waals surface area contributed by atoms with Gasteiger partial charge in [0.2, 0.25) is 0 Å². The van der Waals surface area contributed by atoms with Gasteiger partial charge in [-0.05, 0) is 112 Å². The van der Waals surface area contributed by atoms with Crippen molar-refractivity contribution in [2.24, 2.45) is 33.7 Å². The molecule has 6 atom stereocenters. The van der Waals surface area contributed by atoms with E-state index in [0.717, 1.165) is 56.2 Å². The molecule has 3 fully saturated rings. The highest BCUT2D eigenvalue weighted by Gasteiger charge is 2.65. The quantitative estimate of drug-likeness (QED) is 0.450. The maximum absolute atomic E-state index is 12.4. The fourth-order valence-corrected chi connectivity index (χ4v) is 8.47. The minimum atomic E-state index is -1.17. The number of allylic oxidation sites excluding steroid dienone is 2. The monoisotopic (exact) mass is 522 g/mol. The number of nitrogens with one attached hydrogen (secondary N) is 1. The summed E-state index contributed by atoms with van der Waals surface area (Å²) in [5, 5.41) is 27.9. The predicted octanol–water partition coefficient (Wildman–Crippen LogP) is 4.71. The van der Waals surface area contributed by atoms with Crippen LogP contribution in [0, 0.1) is 28.6 Å². The van der Waals surface area contributed by atoms with Gasteiger partial charge in [-0.25, -0.2) is 0 Å². The minimum Gasteiger partial charge on any atom is -0.508 e. The first-order chi connectivity index (χ1) is 18.1. The largest absolute Gasteiger partial charge is 0.508 e. The SMILES string of the molecule is CC(=O)[C@@]1(O)CCC2C3CCC4=C/C(=N/OCC(=O)NCCc5ccc(O)cc5)CC[C@]4(C)C3CC[C@@]21C. The van der Waals surface area contributed by atoms with Gasteiger partial charge >= 0.3 is 0 Å². The third-order valence-corrected chi connectivity index (χ3v) is 10.8. The van der Waals surface area contributed by atoms with Gasteiger partial charge in [-0.15, -0.1) is 0 Å². The van der Waals surface area contributed by atoms with E-state index in [0.29, 0.717) is 37.1 Å². The molecule has 0 bridgehead atoms. The summed E-state index contributed by atoms with van der Waals surface area (Å²) < 4.78 is 0. The Bertz CT molecular complexity index is 1140. The normalized spacial score (nSPS) is 37.0. The molecule has 0 heterocycles. The molecule has 0 aliphatic heterocycles. The molecule has 7 heteroatoms. The molecular formula is C31H42N2O5. The van der Waals surface area contributed by atoms with Crippen molar-refractivity contribution in [3.63, 3.8) is 0 Å². The molecule has 1 aromatic rings. The molecule has 38 heavy (non-hydrogen) atoms. The molecule has 4 aliphatic rings. The number of benzene rings is 1. The molecule has 206 valence electrons. The van der Waals surface area contributed by atoms with Gasteiger partial charge in [-0.3, -0.25) is 9.59 Å². The second-order valence-electron chi connectivity index (χ2n) is 12.5. The Labute approximate surface area is 225 Å². The van der Waals surface area contributed by atoms with Crippen LogP contribution in [0.25, 0.3) is 0 Å². The second-order valence-corrected chi connectivity index (χ2v) is 12.5. The Morgan fingerprint density at radius 1 is 1.05 bits per heavy atom. The number of phenols is 1. The molecule has 7 nitrogen and oxygen atoms in total. The summed E-state index contributed by atoms with van der Waals surface area (Å²) in [6.45, 7) is 6.53. The van der Waals surface area contributed by atoms with E-state index in [9.17, 15) is 19.8 Å². The fourth-order valence-electron chi connectivity index (χ4n) is 8.47. The van der Waals surface area contributed by atoms with E-state index >= 15 is 0 Å². The van der Waals surface area contributed by atoms with Crippen LogP contribution in [0.2, 0.25) is 0 Å². The number of phenolic OH excluding ortho intramolecular Hbond substituents is 1. The van der Waals surface area contributed by atoms with Crippen LogP contribution in [0.15, 0.2) is 41.1 Å². The van der Waals surface area contributed by atoms with Crippen LogP contribution >= 0.6 is 0 Å². The lowest BCUT2D eigenvalue weighted by Gasteiger charge is -2.59. The van der Waals surface area contributed by atoms with Gasteiger partial charge in [0.15, 0.2) is 12.4 Å². The zero-order chi connectivity index (χ0) is 27.1. The van der Waals surface area contributed by atoms with Gasteiger partial charge < -0.3 is 20.4 Å². The summed E-state index contributed by atoms with van der Waals surface area (Å²) in [7, 11) is 0. The lowest BCUT2D eigenvalue weighted by Crippen LogP contribution is -2.57. The molecule has 3 saturated carbocycles. The molecule has 1 aromatic carbocycles. The fraction of sp³-hybridized carbons (Fsp3) is 0.645. The lowest BCUT2D eigenvalue weighted by atomic mass is 9.46. The highest BCUT2D eigenvalue weighted by atomic mass is 16.6. The Morgan fingerprint density at radius 2 is 1.79 bits per heavy atom. The van der Waals surface area contributed by atoms with Crippen LogP contribution in [0.3, 0.4) is 0 Å². The summed E-state index contributed by atoms with van der Waals surface area (Å²) in [6, 6.07) is 6.96. The number of hydrogen-bond acceptors (Lipinski definition) is 6. The lowest BCUT2D eigenvalue weighted by molar-refractivity contribution is -0.159. The van der Waals surface area contributed by atoms with E-state index in [1.807, 2.05) is 12.1 Å². The van der Waals surface area contributed by atoms with Gasteiger partial charge in [0.05, 0.1) is 5.71 Å². The zero-order valence-corrected chi connectivity index (χ0v) is 23.0. The third kappa shape index (κ3) is 4.57. The highest BCUT2D eigenvalue weighted by Crippen LogP contribution is 2.67. The number of oxime groups is 1. The van der Waals surface area contributed by atoms with Gasteiger partial charge in [-0.2, -0.15) is 0 Å². The van der Waals surface area contributed by atoms with Gasteiger partial charge in [0.1, 0.15) is 11.4 Å². The molecule has 5 rings (SSSR count). The summed E-state index contributed by atoms with van der Waals surface area (Å²) in [6.07, 6.45) is 10.3. The first-order valence-electron chi connectivity index (χ1n) is 14.2. The predicted molar refractivity (Wildman–Crippen MR) is 146 cm³/mol. The number of nitrogens with zero attached hydrogens (tertiary/aromatic N) is 1. The number of ketones is 1. The van der Waals surface area contributed by atoms with Crippen LogP contribution in [-0.2, 0) is 20.8 Å². The minimum absolute atomic E-state index is 0.0619. The Morgan fingerprint density at radius 3 is 2.53 bits per heavy atom. The molecule has 0 spiro atoms. The van der Waals surface area contributed by atoms with Crippen LogP contribution in [-0.4, -0.2) is 46.4 Å². The topological polar surface area (TPSA) is 108 Å². The van der Waals surface area contributed by atoms with E-state index in [-0.39, 0.29) is 34.9 Å².